The lowest BCUT2D eigenvalue weighted by molar-refractivity contribution is 0.438. The Labute approximate surface area is 255 Å². The smallest absolute Gasteiger partial charge is 0.174 e. The first-order valence-electron chi connectivity index (χ1n) is 13.8. The van der Waals surface area contributed by atoms with Crippen molar-refractivity contribution in [1.82, 2.24) is 14.9 Å². The summed E-state index contributed by atoms with van der Waals surface area (Å²) < 4.78 is 3.36. The van der Waals surface area contributed by atoms with Gasteiger partial charge in [-0.05, 0) is 105 Å². The van der Waals surface area contributed by atoms with Gasteiger partial charge in [0.15, 0.2) is 5.11 Å². The van der Waals surface area contributed by atoms with E-state index in [2.05, 4.69) is 111 Å². The van der Waals surface area contributed by atoms with Crippen molar-refractivity contribution in [3.05, 3.63) is 105 Å². The summed E-state index contributed by atoms with van der Waals surface area (Å²) in [6.45, 7) is 8.75. The molecule has 2 saturated heterocycles. The fourth-order valence-corrected chi connectivity index (χ4v) is 7.23. The fraction of sp³-hybridized carbons (Fsp3) is 0.312. The van der Waals surface area contributed by atoms with Crippen molar-refractivity contribution in [1.29, 1.82) is 0 Å². The first-order valence-corrected chi connectivity index (χ1v) is 15.4. The molecule has 2 fully saturated rings. The molecule has 1 N–H and O–H groups in total. The van der Waals surface area contributed by atoms with Gasteiger partial charge in [-0.1, -0.05) is 46.6 Å². The molecule has 2 aliphatic heterocycles. The minimum absolute atomic E-state index is 0.104. The Bertz CT molecular complexity index is 1550. The Morgan fingerprint density at radius 3 is 2.48 bits per heavy atom. The predicted molar refractivity (Wildman–Crippen MR) is 173 cm³/mol. The molecule has 2 aromatic carbocycles. The van der Waals surface area contributed by atoms with Gasteiger partial charge >= 0.3 is 0 Å². The summed E-state index contributed by atoms with van der Waals surface area (Å²) in [4.78, 5) is 9.36. The molecule has 0 amide bonds. The van der Waals surface area contributed by atoms with Crippen LogP contribution in [0.15, 0.2) is 77.4 Å². The SMILES string of the molecule is Cc1cc([C@@H]2[C@@H](c3ccccn3)NC(=S)N2c2ccc(N3CCC(C)CC3)c(Cl)c2)c(C)n1-c1cccc(Br)c1. The minimum atomic E-state index is -0.118. The van der Waals surface area contributed by atoms with Crippen molar-refractivity contribution >= 4 is 56.2 Å². The molecule has 6 rings (SSSR count). The summed E-state index contributed by atoms with van der Waals surface area (Å²) in [5.41, 5.74) is 7.68. The standard InChI is InChI=1S/C32H33BrClN5S/c1-20-12-15-37(16-13-20)29-11-10-25(19-27(29)34)39-31(30(36-32(39)40)28-9-4-5-14-35-28)26-17-21(2)38(22(26)3)24-8-6-7-23(33)18-24/h4-11,14,17-20,30-31H,12-13,15-16H2,1-3H3,(H,36,40)/t30-,31-/m1/s1. The third kappa shape index (κ3) is 5.04. The zero-order valence-electron chi connectivity index (χ0n) is 22.9. The Morgan fingerprint density at radius 2 is 1.77 bits per heavy atom. The van der Waals surface area contributed by atoms with Gasteiger partial charge in [0, 0.05) is 46.5 Å². The van der Waals surface area contributed by atoms with Gasteiger partial charge in [-0.15, -0.1) is 0 Å². The number of hydrogen-bond donors (Lipinski definition) is 1. The van der Waals surface area contributed by atoms with Crippen molar-refractivity contribution in [2.75, 3.05) is 22.9 Å². The van der Waals surface area contributed by atoms with Gasteiger partial charge in [-0.3, -0.25) is 4.98 Å². The summed E-state index contributed by atoms with van der Waals surface area (Å²) in [5, 5.41) is 5.03. The van der Waals surface area contributed by atoms with Crippen molar-refractivity contribution in [3.63, 3.8) is 0 Å². The lowest BCUT2D eigenvalue weighted by atomic mass is 9.96. The van der Waals surface area contributed by atoms with E-state index in [1.165, 1.54) is 24.1 Å². The first-order chi connectivity index (χ1) is 19.3. The summed E-state index contributed by atoms with van der Waals surface area (Å²) >= 11 is 16.6. The molecule has 0 bridgehead atoms. The van der Waals surface area contributed by atoms with Gasteiger partial charge in [-0.25, -0.2) is 0 Å². The molecule has 8 heteroatoms. The monoisotopic (exact) mass is 633 g/mol. The number of halogens is 2. The van der Waals surface area contributed by atoms with Gasteiger partial charge in [0.2, 0.25) is 0 Å². The zero-order chi connectivity index (χ0) is 28.0. The van der Waals surface area contributed by atoms with E-state index in [1.54, 1.807) is 0 Å². The van der Waals surface area contributed by atoms with Crippen LogP contribution >= 0.6 is 39.7 Å². The number of aryl methyl sites for hydroxylation is 1. The average Bonchev–Trinajstić information content (AvgIpc) is 3.44. The second-order valence-electron chi connectivity index (χ2n) is 10.9. The van der Waals surface area contributed by atoms with E-state index in [4.69, 9.17) is 28.8 Å². The Hall–Kier alpha value is -2.87. The number of nitrogens with zero attached hydrogens (tertiary/aromatic N) is 4. The van der Waals surface area contributed by atoms with Crippen molar-refractivity contribution < 1.29 is 0 Å². The summed E-state index contributed by atoms with van der Waals surface area (Å²) in [6, 6.07) is 22.9. The van der Waals surface area contributed by atoms with Crippen LogP contribution in [0.3, 0.4) is 0 Å². The van der Waals surface area contributed by atoms with Crippen molar-refractivity contribution in [2.24, 2.45) is 5.92 Å². The number of aromatic nitrogens is 2. The summed E-state index contributed by atoms with van der Waals surface area (Å²) in [6.07, 6.45) is 4.23. The van der Waals surface area contributed by atoms with Crippen molar-refractivity contribution in [2.45, 2.75) is 45.7 Å². The minimum Gasteiger partial charge on any atom is -0.370 e. The largest absolute Gasteiger partial charge is 0.370 e. The Morgan fingerprint density at radius 1 is 0.975 bits per heavy atom. The molecular formula is C32H33BrClN5S. The summed E-state index contributed by atoms with van der Waals surface area (Å²) in [5.74, 6) is 0.766. The van der Waals surface area contributed by atoms with Crippen LogP contribution in [0, 0.1) is 19.8 Å². The fourth-order valence-electron chi connectivity index (χ4n) is 6.20. The molecule has 206 valence electrons. The molecule has 40 heavy (non-hydrogen) atoms. The molecule has 0 spiro atoms. The van der Waals surface area contributed by atoms with Crippen LogP contribution < -0.4 is 15.1 Å². The quantitative estimate of drug-likeness (QED) is 0.224. The number of hydrogen-bond acceptors (Lipinski definition) is 3. The van der Waals surface area contributed by atoms with Crippen LogP contribution in [-0.4, -0.2) is 27.8 Å². The number of benzene rings is 2. The number of pyridine rings is 1. The highest BCUT2D eigenvalue weighted by molar-refractivity contribution is 9.10. The van der Waals surface area contributed by atoms with E-state index < -0.39 is 0 Å². The highest BCUT2D eigenvalue weighted by atomic mass is 79.9. The van der Waals surface area contributed by atoms with Gasteiger partial charge in [0.05, 0.1) is 28.5 Å². The highest BCUT2D eigenvalue weighted by Crippen LogP contribution is 2.45. The number of piperidine rings is 1. The van der Waals surface area contributed by atoms with E-state index in [1.807, 2.05) is 18.3 Å². The molecule has 0 unspecified atom stereocenters. The van der Waals surface area contributed by atoms with E-state index in [0.29, 0.717) is 5.11 Å². The second-order valence-corrected chi connectivity index (χ2v) is 12.7. The molecule has 0 aliphatic carbocycles. The molecule has 2 atom stereocenters. The maximum atomic E-state index is 6.97. The lowest BCUT2D eigenvalue weighted by Crippen LogP contribution is -2.33. The van der Waals surface area contributed by atoms with Crippen LogP contribution in [0.4, 0.5) is 11.4 Å². The van der Waals surface area contributed by atoms with Crippen LogP contribution in [0.2, 0.25) is 5.02 Å². The zero-order valence-corrected chi connectivity index (χ0v) is 26.1. The molecule has 4 heterocycles. The number of rotatable bonds is 5. The maximum Gasteiger partial charge on any atom is 0.174 e. The van der Waals surface area contributed by atoms with Crippen LogP contribution in [0.25, 0.3) is 5.69 Å². The van der Waals surface area contributed by atoms with Crippen molar-refractivity contribution in [3.8, 4) is 5.69 Å². The number of anilines is 2. The van der Waals surface area contributed by atoms with E-state index in [0.717, 1.165) is 57.0 Å². The topological polar surface area (TPSA) is 36.3 Å². The van der Waals surface area contributed by atoms with E-state index >= 15 is 0 Å². The third-order valence-electron chi connectivity index (χ3n) is 8.29. The van der Waals surface area contributed by atoms with Gasteiger partial charge in [0.1, 0.15) is 0 Å². The molecule has 5 nitrogen and oxygen atoms in total. The molecule has 4 aromatic rings. The molecule has 2 aliphatic rings. The number of nitrogens with one attached hydrogen (secondary N) is 1. The lowest BCUT2D eigenvalue weighted by Gasteiger charge is -2.33. The Kier molecular flexibility index (Phi) is 7.64. The van der Waals surface area contributed by atoms with E-state index in [-0.39, 0.29) is 12.1 Å². The highest BCUT2D eigenvalue weighted by Gasteiger charge is 2.42. The van der Waals surface area contributed by atoms with Crippen LogP contribution in [-0.2, 0) is 0 Å². The predicted octanol–water partition coefficient (Wildman–Crippen LogP) is 8.32. The van der Waals surface area contributed by atoms with E-state index in [9.17, 15) is 0 Å². The van der Waals surface area contributed by atoms with Crippen LogP contribution in [0.1, 0.15) is 54.5 Å². The molecule has 0 saturated carbocycles. The Balaban J connectivity index is 1.44. The number of thiocarbonyl (C=S) groups is 1. The third-order valence-corrected chi connectivity index (χ3v) is 9.40. The summed E-state index contributed by atoms with van der Waals surface area (Å²) in [7, 11) is 0. The molecular weight excluding hydrogens is 602 g/mol. The normalized spacial score (nSPS) is 19.8. The maximum absolute atomic E-state index is 6.97. The first kappa shape index (κ1) is 27.3. The second kappa shape index (κ2) is 11.2. The average molecular weight is 635 g/mol. The van der Waals surface area contributed by atoms with Gasteiger partial charge in [-0.2, -0.15) is 0 Å². The van der Waals surface area contributed by atoms with Gasteiger partial charge < -0.3 is 19.7 Å². The van der Waals surface area contributed by atoms with Gasteiger partial charge in [0.25, 0.3) is 0 Å². The molecule has 2 aromatic heterocycles. The molecule has 0 radical (unpaired) electrons. The van der Waals surface area contributed by atoms with Crippen LogP contribution in [0.5, 0.6) is 0 Å².